The molecular formula is C49H91NO3. The standard InChI is InChI=1S/C49H91NO3/c1-3-5-7-9-11-13-15-17-18-19-20-21-22-23-24-25-26-27-28-29-30-31-32-33-35-37-39-41-43-45-49(53)50-47(46-51)48(52)44-42-40-38-36-34-16-14-12-10-8-6-4-2/h20-21,23-24,34,36,42,44,47-48,51-52H,3-19,22,25-33,35,37-41,43,45-46H2,1-2H3,(H,50,53)/b21-20-,24-23-,36-34+,44-42+. The van der Waals surface area contributed by atoms with Crippen LogP contribution in [0.2, 0.25) is 0 Å². The summed E-state index contributed by atoms with van der Waals surface area (Å²) in [6.07, 6.45) is 61.0. The summed E-state index contributed by atoms with van der Waals surface area (Å²) in [4.78, 5) is 12.4. The Bertz CT molecular complexity index is 847. The van der Waals surface area contributed by atoms with Crippen LogP contribution in [0.4, 0.5) is 0 Å². The second kappa shape index (κ2) is 44.7. The van der Waals surface area contributed by atoms with Gasteiger partial charge in [0.05, 0.1) is 18.8 Å². The lowest BCUT2D eigenvalue weighted by atomic mass is 10.0. The molecule has 310 valence electrons. The summed E-state index contributed by atoms with van der Waals surface area (Å²) in [5, 5.41) is 22.9. The van der Waals surface area contributed by atoms with Gasteiger partial charge in [-0.1, -0.05) is 217 Å². The molecule has 0 rings (SSSR count). The van der Waals surface area contributed by atoms with Crippen molar-refractivity contribution in [2.24, 2.45) is 0 Å². The predicted octanol–water partition coefficient (Wildman–Crippen LogP) is 14.7. The Morgan fingerprint density at radius 3 is 1.21 bits per heavy atom. The van der Waals surface area contributed by atoms with Crippen molar-refractivity contribution < 1.29 is 15.0 Å². The monoisotopic (exact) mass is 742 g/mol. The summed E-state index contributed by atoms with van der Waals surface area (Å²) in [7, 11) is 0. The van der Waals surface area contributed by atoms with Crippen molar-refractivity contribution >= 4 is 5.91 Å². The zero-order valence-corrected chi connectivity index (χ0v) is 35.5. The van der Waals surface area contributed by atoms with Gasteiger partial charge in [0.1, 0.15) is 0 Å². The quantitative estimate of drug-likeness (QED) is 0.0431. The number of unbranched alkanes of at least 4 members (excludes halogenated alkanes) is 29. The molecule has 0 heterocycles. The molecule has 2 atom stereocenters. The van der Waals surface area contributed by atoms with E-state index in [-0.39, 0.29) is 12.5 Å². The number of amides is 1. The number of nitrogens with one attached hydrogen (secondary N) is 1. The van der Waals surface area contributed by atoms with Gasteiger partial charge in [0.2, 0.25) is 5.91 Å². The zero-order chi connectivity index (χ0) is 38.6. The van der Waals surface area contributed by atoms with Crippen molar-refractivity contribution in [2.75, 3.05) is 6.61 Å². The summed E-state index contributed by atoms with van der Waals surface area (Å²) in [5.74, 6) is -0.0759. The summed E-state index contributed by atoms with van der Waals surface area (Å²) < 4.78 is 0. The topological polar surface area (TPSA) is 69.6 Å². The number of carbonyl (C=O) groups excluding carboxylic acids is 1. The molecule has 0 fully saturated rings. The number of hydrogen-bond acceptors (Lipinski definition) is 3. The number of carbonyl (C=O) groups is 1. The highest BCUT2D eigenvalue weighted by Crippen LogP contribution is 2.15. The maximum atomic E-state index is 12.4. The average Bonchev–Trinajstić information content (AvgIpc) is 3.16. The zero-order valence-electron chi connectivity index (χ0n) is 35.5. The van der Waals surface area contributed by atoms with E-state index in [2.05, 4.69) is 55.6 Å². The maximum Gasteiger partial charge on any atom is 0.220 e. The lowest BCUT2D eigenvalue weighted by Crippen LogP contribution is -2.45. The van der Waals surface area contributed by atoms with Crippen LogP contribution in [0.25, 0.3) is 0 Å². The molecule has 0 saturated heterocycles. The molecule has 0 saturated carbocycles. The second-order valence-electron chi connectivity index (χ2n) is 15.8. The third-order valence-corrected chi connectivity index (χ3v) is 10.5. The first kappa shape index (κ1) is 51.4. The van der Waals surface area contributed by atoms with E-state index in [9.17, 15) is 15.0 Å². The predicted molar refractivity (Wildman–Crippen MR) is 235 cm³/mol. The van der Waals surface area contributed by atoms with E-state index in [1.807, 2.05) is 6.08 Å². The van der Waals surface area contributed by atoms with Gasteiger partial charge in [-0.3, -0.25) is 4.79 Å². The van der Waals surface area contributed by atoms with Gasteiger partial charge in [-0.25, -0.2) is 0 Å². The number of allylic oxidation sites excluding steroid dienone is 7. The van der Waals surface area contributed by atoms with Crippen LogP contribution in [0, 0.1) is 0 Å². The van der Waals surface area contributed by atoms with Crippen LogP contribution in [-0.2, 0) is 4.79 Å². The van der Waals surface area contributed by atoms with Crippen LogP contribution < -0.4 is 5.32 Å². The van der Waals surface area contributed by atoms with E-state index in [0.29, 0.717) is 6.42 Å². The Morgan fingerprint density at radius 2 is 0.792 bits per heavy atom. The average molecular weight is 742 g/mol. The third kappa shape index (κ3) is 41.4. The number of aliphatic hydroxyl groups excluding tert-OH is 2. The van der Waals surface area contributed by atoms with Crippen LogP contribution in [0.3, 0.4) is 0 Å². The molecule has 0 aliphatic rings. The van der Waals surface area contributed by atoms with Crippen LogP contribution in [-0.4, -0.2) is 34.9 Å². The van der Waals surface area contributed by atoms with E-state index in [0.717, 1.165) is 38.5 Å². The van der Waals surface area contributed by atoms with Crippen molar-refractivity contribution in [3.05, 3.63) is 48.6 Å². The van der Waals surface area contributed by atoms with Gasteiger partial charge < -0.3 is 15.5 Å². The summed E-state index contributed by atoms with van der Waals surface area (Å²) in [5.41, 5.74) is 0. The van der Waals surface area contributed by atoms with Crippen LogP contribution in [0.1, 0.15) is 239 Å². The third-order valence-electron chi connectivity index (χ3n) is 10.5. The number of hydrogen-bond donors (Lipinski definition) is 3. The van der Waals surface area contributed by atoms with Crippen molar-refractivity contribution in [3.8, 4) is 0 Å². The second-order valence-corrected chi connectivity index (χ2v) is 15.8. The normalized spacial score (nSPS) is 13.4. The molecule has 3 N–H and O–H groups in total. The molecule has 0 aliphatic carbocycles. The molecular weight excluding hydrogens is 651 g/mol. The molecule has 0 aromatic heterocycles. The Morgan fingerprint density at radius 1 is 0.453 bits per heavy atom. The molecule has 0 bridgehead atoms. The van der Waals surface area contributed by atoms with Gasteiger partial charge in [0.25, 0.3) is 0 Å². The Hall–Kier alpha value is -1.65. The van der Waals surface area contributed by atoms with Crippen molar-refractivity contribution in [2.45, 2.75) is 251 Å². The highest BCUT2D eigenvalue weighted by Gasteiger charge is 2.17. The van der Waals surface area contributed by atoms with Crippen LogP contribution in [0.15, 0.2) is 48.6 Å². The molecule has 0 aromatic rings. The minimum absolute atomic E-state index is 0.0759. The fourth-order valence-electron chi connectivity index (χ4n) is 6.93. The molecule has 0 spiro atoms. The van der Waals surface area contributed by atoms with Gasteiger partial charge in [-0.05, 0) is 64.2 Å². The van der Waals surface area contributed by atoms with E-state index >= 15 is 0 Å². The minimum Gasteiger partial charge on any atom is -0.394 e. The highest BCUT2D eigenvalue weighted by molar-refractivity contribution is 5.76. The fraction of sp³-hybridized carbons (Fsp3) is 0.816. The molecule has 4 nitrogen and oxygen atoms in total. The number of aliphatic hydroxyl groups is 2. The van der Waals surface area contributed by atoms with Crippen molar-refractivity contribution in [1.29, 1.82) is 0 Å². The largest absolute Gasteiger partial charge is 0.394 e. The van der Waals surface area contributed by atoms with Crippen LogP contribution in [0.5, 0.6) is 0 Å². The Balaban J connectivity index is 3.51. The molecule has 4 heteroatoms. The molecule has 0 aromatic carbocycles. The van der Waals surface area contributed by atoms with Gasteiger partial charge in [0, 0.05) is 6.42 Å². The van der Waals surface area contributed by atoms with E-state index in [1.165, 1.54) is 180 Å². The lowest BCUT2D eigenvalue weighted by molar-refractivity contribution is -0.123. The fourth-order valence-corrected chi connectivity index (χ4v) is 6.93. The van der Waals surface area contributed by atoms with E-state index < -0.39 is 12.1 Å². The molecule has 1 amide bonds. The molecule has 53 heavy (non-hydrogen) atoms. The van der Waals surface area contributed by atoms with E-state index in [4.69, 9.17) is 0 Å². The molecule has 2 unspecified atom stereocenters. The summed E-state index contributed by atoms with van der Waals surface area (Å²) in [6, 6.07) is -0.638. The summed E-state index contributed by atoms with van der Waals surface area (Å²) in [6.45, 7) is 4.28. The van der Waals surface area contributed by atoms with Gasteiger partial charge in [-0.15, -0.1) is 0 Å². The minimum atomic E-state index is -0.861. The first-order valence-electron chi connectivity index (χ1n) is 23.4. The van der Waals surface area contributed by atoms with Crippen molar-refractivity contribution in [1.82, 2.24) is 5.32 Å². The molecule has 0 radical (unpaired) electrons. The Labute approximate surface area is 331 Å². The smallest absolute Gasteiger partial charge is 0.220 e. The van der Waals surface area contributed by atoms with Gasteiger partial charge >= 0.3 is 0 Å². The maximum absolute atomic E-state index is 12.4. The van der Waals surface area contributed by atoms with E-state index in [1.54, 1.807) is 6.08 Å². The lowest BCUT2D eigenvalue weighted by Gasteiger charge is -2.19. The highest BCUT2D eigenvalue weighted by atomic mass is 16.3. The molecule has 0 aliphatic heterocycles. The number of rotatable bonds is 42. The first-order valence-corrected chi connectivity index (χ1v) is 23.4. The SMILES string of the molecule is CCCCCCCC/C=C/CC/C=C/C(O)C(CO)NC(=O)CCCCCCCCCCCCCCC/C=C\C/C=C\CCCCCCCCCCC. The van der Waals surface area contributed by atoms with Crippen molar-refractivity contribution in [3.63, 3.8) is 0 Å². The Kier molecular flexibility index (Phi) is 43.4. The summed E-state index contributed by atoms with van der Waals surface area (Å²) >= 11 is 0. The van der Waals surface area contributed by atoms with Gasteiger partial charge in [-0.2, -0.15) is 0 Å². The first-order chi connectivity index (χ1) is 26.2. The van der Waals surface area contributed by atoms with Crippen LogP contribution >= 0.6 is 0 Å². The van der Waals surface area contributed by atoms with Gasteiger partial charge in [0.15, 0.2) is 0 Å².